The molecule has 0 saturated heterocycles. The SMILES string of the molecule is COc1ccc(S(C)(=O)=O)cc1CCC(=O)O. The maximum Gasteiger partial charge on any atom is 0.303 e. The highest BCUT2D eigenvalue weighted by Gasteiger charge is 2.12. The third-order valence-electron chi connectivity index (χ3n) is 2.29. The van der Waals surface area contributed by atoms with Gasteiger partial charge in [-0.1, -0.05) is 0 Å². The van der Waals surface area contributed by atoms with E-state index >= 15 is 0 Å². The molecule has 94 valence electrons. The number of aliphatic carboxylic acids is 1. The zero-order valence-electron chi connectivity index (χ0n) is 9.63. The third kappa shape index (κ3) is 3.74. The van der Waals surface area contributed by atoms with Crippen LogP contribution in [-0.4, -0.2) is 32.9 Å². The topological polar surface area (TPSA) is 80.7 Å². The molecule has 0 spiro atoms. The highest BCUT2D eigenvalue weighted by Crippen LogP contribution is 2.23. The number of benzene rings is 1. The first-order chi connectivity index (χ1) is 7.84. The fourth-order valence-corrected chi connectivity index (χ4v) is 2.09. The molecule has 0 heterocycles. The predicted molar refractivity (Wildman–Crippen MR) is 62.1 cm³/mol. The van der Waals surface area contributed by atoms with Gasteiger partial charge in [-0.25, -0.2) is 8.42 Å². The van der Waals surface area contributed by atoms with Crippen LogP contribution in [0.2, 0.25) is 0 Å². The molecule has 0 atom stereocenters. The summed E-state index contributed by atoms with van der Waals surface area (Å²) in [5, 5.41) is 8.61. The maximum absolute atomic E-state index is 11.4. The molecule has 5 nitrogen and oxygen atoms in total. The number of aryl methyl sites for hydroxylation is 1. The van der Waals surface area contributed by atoms with Crippen molar-refractivity contribution in [2.24, 2.45) is 0 Å². The lowest BCUT2D eigenvalue weighted by atomic mass is 10.1. The Bertz CT molecular complexity index is 519. The quantitative estimate of drug-likeness (QED) is 0.855. The molecule has 1 rings (SSSR count). The second-order valence-electron chi connectivity index (χ2n) is 3.64. The fraction of sp³-hybridized carbons (Fsp3) is 0.364. The van der Waals surface area contributed by atoms with Crippen LogP contribution in [0.5, 0.6) is 5.75 Å². The lowest BCUT2D eigenvalue weighted by Crippen LogP contribution is -2.03. The van der Waals surface area contributed by atoms with Gasteiger partial charge in [0.25, 0.3) is 0 Å². The first-order valence-corrected chi connectivity index (χ1v) is 6.82. The summed E-state index contributed by atoms with van der Waals surface area (Å²) in [5.41, 5.74) is 0.581. The van der Waals surface area contributed by atoms with Gasteiger partial charge in [0.1, 0.15) is 5.75 Å². The molecule has 1 aromatic rings. The molecule has 0 amide bonds. The second kappa shape index (κ2) is 5.18. The van der Waals surface area contributed by atoms with Gasteiger partial charge < -0.3 is 9.84 Å². The Labute approximate surface area is 100.0 Å². The summed E-state index contributed by atoms with van der Waals surface area (Å²) in [5.74, 6) is -0.435. The summed E-state index contributed by atoms with van der Waals surface area (Å²) in [6.45, 7) is 0. The number of hydrogen-bond acceptors (Lipinski definition) is 4. The predicted octanol–water partition coefficient (Wildman–Crippen LogP) is 1.12. The molecule has 17 heavy (non-hydrogen) atoms. The molecule has 1 N–H and O–H groups in total. The third-order valence-corrected chi connectivity index (χ3v) is 3.40. The van der Waals surface area contributed by atoms with Crippen LogP contribution in [0.4, 0.5) is 0 Å². The summed E-state index contributed by atoms with van der Waals surface area (Å²) >= 11 is 0. The zero-order valence-corrected chi connectivity index (χ0v) is 10.5. The molecule has 0 aliphatic rings. The monoisotopic (exact) mass is 258 g/mol. The van der Waals surface area contributed by atoms with Crippen molar-refractivity contribution in [2.45, 2.75) is 17.7 Å². The van der Waals surface area contributed by atoms with Crippen LogP contribution in [-0.2, 0) is 21.1 Å². The molecule has 0 bridgehead atoms. The van der Waals surface area contributed by atoms with E-state index in [0.29, 0.717) is 11.3 Å². The lowest BCUT2D eigenvalue weighted by Gasteiger charge is -2.09. The number of methoxy groups -OCH3 is 1. The molecule has 0 aromatic heterocycles. The Morgan fingerprint density at radius 1 is 1.41 bits per heavy atom. The Morgan fingerprint density at radius 3 is 2.53 bits per heavy atom. The average Bonchev–Trinajstić information content (AvgIpc) is 2.24. The van der Waals surface area contributed by atoms with Crippen LogP contribution < -0.4 is 4.74 Å². The second-order valence-corrected chi connectivity index (χ2v) is 5.66. The highest BCUT2D eigenvalue weighted by molar-refractivity contribution is 7.90. The first kappa shape index (κ1) is 13.5. The van der Waals surface area contributed by atoms with Crippen LogP contribution in [0.15, 0.2) is 23.1 Å². The van der Waals surface area contributed by atoms with Gasteiger partial charge in [0.15, 0.2) is 9.84 Å². The Hall–Kier alpha value is -1.56. The van der Waals surface area contributed by atoms with Crippen LogP contribution in [0.3, 0.4) is 0 Å². The van der Waals surface area contributed by atoms with E-state index in [4.69, 9.17) is 9.84 Å². The molecule has 6 heteroatoms. The Balaban J connectivity index is 3.11. The van der Waals surface area contributed by atoms with Gasteiger partial charge in [-0.15, -0.1) is 0 Å². The molecular weight excluding hydrogens is 244 g/mol. The largest absolute Gasteiger partial charge is 0.496 e. The van der Waals surface area contributed by atoms with Gasteiger partial charge in [0, 0.05) is 12.7 Å². The Kier molecular flexibility index (Phi) is 4.11. The van der Waals surface area contributed by atoms with E-state index in [-0.39, 0.29) is 17.7 Å². The lowest BCUT2D eigenvalue weighted by molar-refractivity contribution is -0.136. The number of carboxylic acid groups (broad SMARTS) is 1. The first-order valence-electron chi connectivity index (χ1n) is 4.93. The number of sulfone groups is 1. The summed E-state index contributed by atoms with van der Waals surface area (Å²) in [6.07, 6.45) is 1.28. The highest BCUT2D eigenvalue weighted by atomic mass is 32.2. The van der Waals surface area contributed by atoms with Crippen molar-refractivity contribution in [1.82, 2.24) is 0 Å². The minimum atomic E-state index is -3.29. The van der Waals surface area contributed by atoms with E-state index in [2.05, 4.69) is 0 Å². The molecule has 0 saturated carbocycles. The van der Waals surface area contributed by atoms with E-state index in [0.717, 1.165) is 6.26 Å². The average molecular weight is 258 g/mol. The molecule has 0 unspecified atom stereocenters. The van der Waals surface area contributed by atoms with Crippen LogP contribution >= 0.6 is 0 Å². The normalized spacial score (nSPS) is 11.2. The van der Waals surface area contributed by atoms with Gasteiger partial charge in [-0.3, -0.25) is 4.79 Å². The minimum Gasteiger partial charge on any atom is -0.496 e. The molecule has 0 aliphatic carbocycles. The number of rotatable bonds is 5. The van der Waals surface area contributed by atoms with E-state index in [9.17, 15) is 13.2 Å². The standard InChI is InChI=1S/C11H14O5S/c1-16-10-5-4-9(17(2,14)15)7-8(10)3-6-11(12)13/h4-5,7H,3,6H2,1-2H3,(H,12,13). The van der Waals surface area contributed by atoms with E-state index in [1.807, 2.05) is 0 Å². The molecule has 0 radical (unpaired) electrons. The van der Waals surface area contributed by atoms with Crippen molar-refractivity contribution < 1.29 is 23.1 Å². The van der Waals surface area contributed by atoms with Gasteiger partial charge in [-0.2, -0.15) is 0 Å². The summed E-state index contributed by atoms with van der Waals surface area (Å²) in [7, 11) is -1.83. The van der Waals surface area contributed by atoms with E-state index < -0.39 is 15.8 Å². The van der Waals surface area contributed by atoms with Gasteiger partial charge in [-0.05, 0) is 30.2 Å². The minimum absolute atomic E-state index is 0.0659. The fourth-order valence-electron chi connectivity index (χ4n) is 1.42. The molecule has 0 fully saturated rings. The number of ether oxygens (including phenoxy) is 1. The zero-order chi connectivity index (χ0) is 13.1. The van der Waals surface area contributed by atoms with Crippen molar-refractivity contribution >= 4 is 15.8 Å². The van der Waals surface area contributed by atoms with E-state index in [1.54, 1.807) is 0 Å². The molecule has 0 aliphatic heterocycles. The summed E-state index contributed by atoms with van der Waals surface area (Å²) < 4.78 is 27.8. The van der Waals surface area contributed by atoms with E-state index in [1.165, 1.54) is 25.3 Å². The van der Waals surface area contributed by atoms with Crippen LogP contribution in [0.25, 0.3) is 0 Å². The van der Waals surface area contributed by atoms with Crippen molar-refractivity contribution in [3.8, 4) is 5.75 Å². The number of hydrogen-bond donors (Lipinski definition) is 1. The summed E-state index contributed by atoms with van der Waals surface area (Å²) in [6, 6.07) is 4.43. The molecule has 1 aromatic carbocycles. The van der Waals surface area contributed by atoms with Crippen molar-refractivity contribution in [3.05, 3.63) is 23.8 Å². The van der Waals surface area contributed by atoms with Crippen molar-refractivity contribution in [3.63, 3.8) is 0 Å². The Morgan fingerprint density at radius 2 is 2.06 bits per heavy atom. The smallest absolute Gasteiger partial charge is 0.303 e. The van der Waals surface area contributed by atoms with Gasteiger partial charge >= 0.3 is 5.97 Å². The van der Waals surface area contributed by atoms with Crippen molar-refractivity contribution in [2.75, 3.05) is 13.4 Å². The molecular formula is C11H14O5S. The number of carboxylic acids is 1. The van der Waals surface area contributed by atoms with Crippen LogP contribution in [0, 0.1) is 0 Å². The van der Waals surface area contributed by atoms with Crippen LogP contribution in [0.1, 0.15) is 12.0 Å². The van der Waals surface area contributed by atoms with Crippen molar-refractivity contribution in [1.29, 1.82) is 0 Å². The summed E-state index contributed by atoms with van der Waals surface area (Å²) in [4.78, 5) is 10.7. The van der Waals surface area contributed by atoms with Gasteiger partial charge in [0.2, 0.25) is 0 Å². The van der Waals surface area contributed by atoms with Gasteiger partial charge in [0.05, 0.1) is 12.0 Å². The number of carbonyl (C=O) groups is 1. The maximum atomic E-state index is 11.4.